The Labute approximate surface area is 132 Å². The quantitative estimate of drug-likeness (QED) is 0.725. The molecule has 2 N–H and O–H groups in total. The average Bonchev–Trinajstić information content (AvgIpc) is 2.38. The van der Waals surface area contributed by atoms with Crippen molar-refractivity contribution in [3.63, 3.8) is 0 Å². The van der Waals surface area contributed by atoms with Crippen LogP contribution in [0.1, 0.15) is 36.0 Å². The summed E-state index contributed by atoms with van der Waals surface area (Å²) < 4.78 is 0. The van der Waals surface area contributed by atoms with E-state index in [2.05, 4.69) is 17.4 Å². The highest BCUT2D eigenvalue weighted by Gasteiger charge is 2.10. The van der Waals surface area contributed by atoms with Gasteiger partial charge in [0.05, 0.1) is 6.54 Å². The van der Waals surface area contributed by atoms with Gasteiger partial charge in [0.25, 0.3) is 0 Å². The van der Waals surface area contributed by atoms with E-state index >= 15 is 0 Å². The highest BCUT2D eigenvalue weighted by atomic mass is 16.4. The summed E-state index contributed by atoms with van der Waals surface area (Å²) in [5.41, 5.74) is 4.20. The molecule has 0 radical (unpaired) electrons. The van der Waals surface area contributed by atoms with Gasteiger partial charge in [-0.3, -0.25) is 14.5 Å². The molecule has 0 unspecified atom stereocenters. The van der Waals surface area contributed by atoms with Gasteiger partial charge in [0.15, 0.2) is 0 Å². The number of aliphatic carboxylic acids is 1. The first-order chi connectivity index (χ1) is 10.3. The number of unbranched alkanes of at least 4 members (excludes halogenated alkanes) is 1. The second-order valence-electron chi connectivity index (χ2n) is 5.91. The zero-order valence-corrected chi connectivity index (χ0v) is 13.9. The summed E-state index contributed by atoms with van der Waals surface area (Å²) in [6.07, 6.45) is 1.60. The highest BCUT2D eigenvalue weighted by molar-refractivity contribution is 5.93. The van der Waals surface area contributed by atoms with Gasteiger partial charge in [-0.1, -0.05) is 17.7 Å². The summed E-state index contributed by atoms with van der Waals surface area (Å²) >= 11 is 0. The molecule has 0 aromatic heterocycles. The molecule has 0 aliphatic heterocycles. The summed E-state index contributed by atoms with van der Waals surface area (Å²) in [6, 6.07) is 4.11. The molecule has 0 fully saturated rings. The highest BCUT2D eigenvalue weighted by Crippen LogP contribution is 2.21. The number of carboxylic acid groups (broad SMARTS) is 1. The Bertz CT molecular complexity index is 518. The molecule has 1 aromatic carbocycles. The molecule has 0 aliphatic rings. The standard InChI is InChI=1S/C17H26N2O3/c1-12-9-13(2)17(14(3)10-12)18-15(20)11-19(4)8-6-5-7-16(21)22/h9-10H,5-8,11H2,1-4H3,(H,18,20)(H,21,22). The van der Waals surface area contributed by atoms with Crippen LogP contribution in [0, 0.1) is 20.8 Å². The van der Waals surface area contributed by atoms with E-state index in [1.165, 1.54) is 5.56 Å². The number of carbonyl (C=O) groups is 2. The molecule has 122 valence electrons. The summed E-state index contributed by atoms with van der Waals surface area (Å²) in [5.74, 6) is -0.818. The van der Waals surface area contributed by atoms with Gasteiger partial charge in [0, 0.05) is 12.1 Å². The van der Waals surface area contributed by atoms with E-state index in [0.29, 0.717) is 19.5 Å². The Morgan fingerprint density at radius 1 is 1.14 bits per heavy atom. The predicted molar refractivity (Wildman–Crippen MR) is 88.3 cm³/mol. The van der Waals surface area contributed by atoms with Crippen molar-refractivity contribution in [2.75, 3.05) is 25.5 Å². The number of nitrogens with one attached hydrogen (secondary N) is 1. The SMILES string of the molecule is Cc1cc(C)c(NC(=O)CN(C)CCCCC(=O)O)c(C)c1. The fourth-order valence-electron chi connectivity index (χ4n) is 2.54. The maximum atomic E-state index is 12.1. The molecule has 1 aromatic rings. The summed E-state index contributed by atoms with van der Waals surface area (Å²) in [5, 5.41) is 11.6. The van der Waals surface area contributed by atoms with Crippen LogP contribution >= 0.6 is 0 Å². The molecule has 5 nitrogen and oxygen atoms in total. The molecular weight excluding hydrogens is 280 g/mol. The second-order valence-corrected chi connectivity index (χ2v) is 5.91. The van der Waals surface area contributed by atoms with E-state index in [1.54, 1.807) is 0 Å². The molecule has 0 saturated carbocycles. The molecule has 1 rings (SSSR count). The Kier molecular flexibility index (Phi) is 7.05. The molecular formula is C17H26N2O3. The number of hydrogen-bond acceptors (Lipinski definition) is 3. The number of benzene rings is 1. The van der Waals surface area contributed by atoms with Crippen LogP contribution in [0.25, 0.3) is 0 Å². The van der Waals surface area contributed by atoms with E-state index < -0.39 is 5.97 Å². The lowest BCUT2D eigenvalue weighted by Crippen LogP contribution is -2.31. The van der Waals surface area contributed by atoms with E-state index in [4.69, 9.17) is 5.11 Å². The zero-order chi connectivity index (χ0) is 16.7. The predicted octanol–water partition coefficient (Wildman–Crippen LogP) is 2.74. The van der Waals surface area contributed by atoms with E-state index in [0.717, 1.165) is 23.2 Å². The van der Waals surface area contributed by atoms with Crippen molar-refractivity contribution < 1.29 is 14.7 Å². The van der Waals surface area contributed by atoms with Gasteiger partial charge in [0.1, 0.15) is 0 Å². The lowest BCUT2D eigenvalue weighted by atomic mass is 10.1. The van der Waals surface area contributed by atoms with Crippen LogP contribution in [-0.4, -0.2) is 42.0 Å². The Balaban J connectivity index is 2.44. The van der Waals surface area contributed by atoms with Gasteiger partial charge in [-0.15, -0.1) is 0 Å². The minimum Gasteiger partial charge on any atom is -0.481 e. The molecule has 0 bridgehead atoms. The van der Waals surface area contributed by atoms with Crippen molar-refractivity contribution in [1.29, 1.82) is 0 Å². The fourth-order valence-corrected chi connectivity index (χ4v) is 2.54. The van der Waals surface area contributed by atoms with Crippen molar-refractivity contribution in [3.05, 3.63) is 28.8 Å². The third-order valence-electron chi connectivity index (χ3n) is 3.54. The van der Waals surface area contributed by atoms with E-state index in [-0.39, 0.29) is 12.3 Å². The van der Waals surface area contributed by atoms with Gasteiger partial charge in [-0.25, -0.2) is 0 Å². The summed E-state index contributed by atoms with van der Waals surface area (Å²) in [7, 11) is 1.87. The minimum atomic E-state index is -0.772. The van der Waals surface area contributed by atoms with E-state index in [9.17, 15) is 9.59 Å². The third kappa shape index (κ3) is 6.26. The van der Waals surface area contributed by atoms with Crippen molar-refractivity contribution in [2.45, 2.75) is 40.0 Å². The molecule has 1 amide bonds. The number of rotatable bonds is 8. The maximum absolute atomic E-state index is 12.1. The van der Waals surface area contributed by atoms with Crippen LogP contribution < -0.4 is 5.32 Å². The maximum Gasteiger partial charge on any atom is 0.303 e. The van der Waals surface area contributed by atoms with Gasteiger partial charge in [-0.2, -0.15) is 0 Å². The fraction of sp³-hybridized carbons (Fsp3) is 0.529. The van der Waals surface area contributed by atoms with Crippen LogP contribution in [0.3, 0.4) is 0 Å². The Morgan fingerprint density at radius 2 is 1.73 bits per heavy atom. The largest absolute Gasteiger partial charge is 0.481 e. The number of likely N-dealkylation sites (N-methyl/N-ethyl adjacent to an activating group) is 1. The topological polar surface area (TPSA) is 69.6 Å². The third-order valence-corrected chi connectivity index (χ3v) is 3.54. The number of carboxylic acids is 1. The van der Waals surface area contributed by atoms with Crippen molar-refractivity contribution in [1.82, 2.24) is 4.90 Å². The van der Waals surface area contributed by atoms with Crippen molar-refractivity contribution in [2.24, 2.45) is 0 Å². The first kappa shape index (κ1) is 18.2. The summed E-state index contributed by atoms with van der Waals surface area (Å²) in [6.45, 7) is 7.04. The molecule has 0 saturated heterocycles. The van der Waals surface area contributed by atoms with Crippen LogP contribution in [0.15, 0.2) is 12.1 Å². The monoisotopic (exact) mass is 306 g/mol. The van der Waals surface area contributed by atoms with Gasteiger partial charge in [-0.05, 0) is 58.3 Å². The number of anilines is 1. The van der Waals surface area contributed by atoms with Crippen molar-refractivity contribution >= 4 is 17.6 Å². The Hall–Kier alpha value is -1.88. The van der Waals surface area contributed by atoms with Crippen LogP contribution in [0.5, 0.6) is 0 Å². The zero-order valence-electron chi connectivity index (χ0n) is 13.9. The molecule has 0 atom stereocenters. The lowest BCUT2D eigenvalue weighted by Gasteiger charge is -2.18. The molecule has 22 heavy (non-hydrogen) atoms. The number of carbonyl (C=O) groups excluding carboxylic acids is 1. The van der Waals surface area contributed by atoms with Crippen LogP contribution in [0.4, 0.5) is 5.69 Å². The molecule has 0 spiro atoms. The molecule has 5 heteroatoms. The van der Waals surface area contributed by atoms with Crippen LogP contribution in [0.2, 0.25) is 0 Å². The number of amides is 1. The van der Waals surface area contributed by atoms with Gasteiger partial charge < -0.3 is 10.4 Å². The van der Waals surface area contributed by atoms with Gasteiger partial charge >= 0.3 is 5.97 Å². The first-order valence-corrected chi connectivity index (χ1v) is 7.57. The van der Waals surface area contributed by atoms with Crippen molar-refractivity contribution in [3.8, 4) is 0 Å². The van der Waals surface area contributed by atoms with Gasteiger partial charge in [0.2, 0.25) is 5.91 Å². The minimum absolute atomic E-state index is 0.0456. The number of nitrogens with zero attached hydrogens (tertiary/aromatic N) is 1. The number of hydrogen-bond donors (Lipinski definition) is 2. The van der Waals surface area contributed by atoms with Crippen LogP contribution in [-0.2, 0) is 9.59 Å². The Morgan fingerprint density at radius 3 is 2.27 bits per heavy atom. The summed E-state index contributed by atoms with van der Waals surface area (Å²) in [4.78, 5) is 24.5. The average molecular weight is 306 g/mol. The first-order valence-electron chi connectivity index (χ1n) is 7.57. The number of aryl methyl sites for hydroxylation is 3. The van der Waals surface area contributed by atoms with E-state index in [1.807, 2.05) is 32.7 Å². The molecule has 0 aliphatic carbocycles. The second kappa shape index (κ2) is 8.54. The molecule has 0 heterocycles. The normalized spacial score (nSPS) is 10.8. The lowest BCUT2D eigenvalue weighted by molar-refractivity contribution is -0.137. The smallest absolute Gasteiger partial charge is 0.303 e.